The topological polar surface area (TPSA) is 124 Å². The van der Waals surface area contributed by atoms with Gasteiger partial charge in [-0.05, 0) is 56.0 Å². The van der Waals surface area contributed by atoms with Crippen LogP contribution in [0.25, 0.3) is 11.0 Å². The zero-order valence-electron chi connectivity index (χ0n) is 23.6. The third kappa shape index (κ3) is 6.56. The maximum atomic E-state index is 13.4. The van der Waals surface area contributed by atoms with E-state index in [1.807, 2.05) is 16.7 Å². The fourth-order valence-corrected chi connectivity index (χ4v) is 6.03. The number of anilines is 1. The van der Waals surface area contributed by atoms with E-state index in [2.05, 4.69) is 21.3 Å². The van der Waals surface area contributed by atoms with Crippen molar-refractivity contribution >= 4 is 34.3 Å². The highest BCUT2D eigenvalue weighted by atomic mass is 16.2. The predicted molar refractivity (Wildman–Crippen MR) is 155 cm³/mol. The van der Waals surface area contributed by atoms with Gasteiger partial charge in [0.1, 0.15) is 12.4 Å². The van der Waals surface area contributed by atoms with Crippen LogP contribution in [0.2, 0.25) is 0 Å². The third-order valence-electron chi connectivity index (χ3n) is 8.29. The summed E-state index contributed by atoms with van der Waals surface area (Å²) in [7, 11) is 0. The molecule has 0 spiro atoms. The van der Waals surface area contributed by atoms with Crippen molar-refractivity contribution < 1.29 is 14.4 Å². The number of benzene rings is 1. The number of amides is 2. The summed E-state index contributed by atoms with van der Waals surface area (Å²) in [5.41, 5.74) is 2.86. The number of hydrogen-bond donors (Lipinski definition) is 1. The molecule has 1 saturated carbocycles. The quantitative estimate of drug-likeness (QED) is 0.399. The molecule has 2 amide bonds. The number of imidazole rings is 1. The van der Waals surface area contributed by atoms with E-state index in [4.69, 9.17) is 4.98 Å². The highest BCUT2D eigenvalue weighted by Gasteiger charge is 2.32. The molecule has 2 aromatic heterocycles. The van der Waals surface area contributed by atoms with E-state index in [0.717, 1.165) is 50.0 Å². The molecule has 5 rings (SSSR count). The number of rotatable bonds is 9. The van der Waals surface area contributed by atoms with Crippen LogP contribution in [0.5, 0.6) is 0 Å². The third-order valence-corrected chi connectivity index (χ3v) is 8.29. The number of nitriles is 1. The van der Waals surface area contributed by atoms with Crippen LogP contribution >= 0.6 is 0 Å². The maximum Gasteiger partial charge on any atom is 0.290 e. The van der Waals surface area contributed by atoms with Crippen molar-refractivity contribution in [3.8, 4) is 6.07 Å². The van der Waals surface area contributed by atoms with Crippen LogP contribution in [-0.2, 0) is 27.5 Å². The summed E-state index contributed by atoms with van der Waals surface area (Å²) in [6.07, 6.45) is 10.4. The van der Waals surface area contributed by atoms with Gasteiger partial charge in [-0.1, -0.05) is 26.2 Å². The lowest BCUT2D eigenvalue weighted by atomic mass is 9.95. The van der Waals surface area contributed by atoms with Gasteiger partial charge in [-0.15, -0.1) is 0 Å². The lowest BCUT2D eigenvalue weighted by molar-refractivity contribution is -0.147. The largest absolute Gasteiger partial charge is 0.371 e. The van der Waals surface area contributed by atoms with Crippen molar-refractivity contribution in [3.63, 3.8) is 0 Å². The van der Waals surface area contributed by atoms with E-state index >= 15 is 0 Å². The predicted octanol–water partition coefficient (Wildman–Crippen LogP) is 3.73. The van der Waals surface area contributed by atoms with Gasteiger partial charge < -0.3 is 19.7 Å². The number of hydrogen-bond acceptors (Lipinski definition) is 7. The summed E-state index contributed by atoms with van der Waals surface area (Å²) in [4.78, 5) is 52.1. The van der Waals surface area contributed by atoms with Gasteiger partial charge in [-0.25, -0.2) is 4.98 Å². The zero-order valence-corrected chi connectivity index (χ0v) is 23.6. The zero-order chi connectivity index (χ0) is 28.8. The second-order valence-corrected chi connectivity index (χ2v) is 11.0. The molecule has 10 nitrogen and oxygen atoms in total. The molecule has 1 aliphatic heterocycles. The molecule has 1 aliphatic carbocycles. The minimum atomic E-state index is -0.516. The molecule has 1 saturated heterocycles. The van der Waals surface area contributed by atoms with Crippen LogP contribution < -0.4 is 10.2 Å². The van der Waals surface area contributed by atoms with Crippen LogP contribution in [0.3, 0.4) is 0 Å². The molecule has 0 unspecified atom stereocenters. The van der Waals surface area contributed by atoms with E-state index in [1.54, 1.807) is 42.4 Å². The number of ketones is 1. The molecule has 41 heavy (non-hydrogen) atoms. The van der Waals surface area contributed by atoms with Crippen molar-refractivity contribution in [1.29, 1.82) is 5.26 Å². The molecule has 0 radical (unpaired) electrons. The van der Waals surface area contributed by atoms with E-state index in [1.165, 1.54) is 6.42 Å². The van der Waals surface area contributed by atoms with Crippen LogP contribution in [0, 0.1) is 11.3 Å². The second-order valence-electron chi connectivity index (χ2n) is 11.0. The Kier molecular flexibility index (Phi) is 8.92. The molecule has 3 heterocycles. The van der Waals surface area contributed by atoms with Gasteiger partial charge in [0, 0.05) is 49.7 Å². The number of nitrogens with one attached hydrogen (secondary N) is 1. The Bertz CT molecular complexity index is 1430. The SMILES string of the molecule is CCC(=O)C(=O)N(Cc1nc2cc(C#N)ccc2n1CC(=O)NC1CCCCC1)C1CCN(c2ccncc2)CC1. The summed E-state index contributed by atoms with van der Waals surface area (Å²) >= 11 is 0. The van der Waals surface area contributed by atoms with E-state index < -0.39 is 11.7 Å². The smallest absolute Gasteiger partial charge is 0.290 e. The van der Waals surface area contributed by atoms with Crippen molar-refractivity contribution in [2.24, 2.45) is 0 Å². The Morgan fingerprint density at radius 1 is 1.05 bits per heavy atom. The van der Waals surface area contributed by atoms with E-state index in [0.29, 0.717) is 29.7 Å². The minimum Gasteiger partial charge on any atom is -0.371 e. The van der Waals surface area contributed by atoms with E-state index in [-0.39, 0.29) is 37.5 Å². The van der Waals surface area contributed by atoms with Crippen molar-refractivity contribution in [2.45, 2.75) is 83.5 Å². The number of piperidine rings is 1. The monoisotopic (exact) mass is 555 g/mol. The van der Waals surface area contributed by atoms with Gasteiger partial charge in [0.2, 0.25) is 11.7 Å². The van der Waals surface area contributed by atoms with Crippen molar-refractivity contribution in [2.75, 3.05) is 18.0 Å². The molecular formula is C31H37N7O3. The number of carbonyl (C=O) groups excluding carboxylic acids is 3. The Morgan fingerprint density at radius 2 is 1.78 bits per heavy atom. The number of aromatic nitrogens is 3. The van der Waals surface area contributed by atoms with Gasteiger partial charge in [0.05, 0.1) is 29.2 Å². The molecule has 2 fully saturated rings. The normalized spacial score (nSPS) is 16.3. The molecule has 0 atom stereocenters. The first-order valence-corrected chi connectivity index (χ1v) is 14.6. The number of fused-ring (bicyclic) bond motifs is 1. The first-order valence-electron chi connectivity index (χ1n) is 14.6. The Morgan fingerprint density at radius 3 is 2.46 bits per heavy atom. The Hall–Kier alpha value is -4.26. The second kappa shape index (κ2) is 12.9. The van der Waals surface area contributed by atoms with Crippen molar-refractivity contribution in [1.82, 2.24) is 24.8 Å². The highest BCUT2D eigenvalue weighted by Crippen LogP contribution is 2.26. The standard InChI is InChI=1S/C31H37N7O3/c1-2-28(39)31(41)37(25-12-16-36(17-13-25)24-10-14-33-15-11-24)20-29-35-26-18-22(19-32)8-9-27(26)38(29)21-30(40)34-23-6-4-3-5-7-23/h8-11,14-15,18,23,25H,2-7,12-13,16-17,20-21H2,1H3,(H,34,40). The Balaban J connectivity index is 1.41. The summed E-state index contributed by atoms with van der Waals surface area (Å²) in [6, 6.07) is 11.3. The van der Waals surface area contributed by atoms with Crippen LogP contribution in [0.4, 0.5) is 5.69 Å². The average molecular weight is 556 g/mol. The minimum absolute atomic E-state index is 0.0540. The first kappa shape index (κ1) is 28.3. The molecule has 10 heteroatoms. The first-order chi connectivity index (χ1) is 20.0. The van der Waals surface area contributed by atoms with Gasteiger partial charge in [-0.3, -0.25) is 19.4 Å². The summed E-state index contributed by atoms with van der Waals surface area (Å²) in [5.74, 6) is -0.526. The van der Waals surface area contributed by atoms with Crippen LogP contribution in [0.1, 0.15) is 69.7 Å². The average Bonchev–Trinajstić information content (AvgIpc) is 3.35. The lowest BCUT2D eigenvalue weighted by Gasteiger charge is -2.39. The molecule has 1 aromatic carbocycles. The van der Waals surface area contributed by atoms with Gasteiger partial charge >= 0.3 is 0 Å². The summed E-state index contributed by atoms with van der Waals surface area (Å²) < 4.78 is 1.83. The fourth-order valence-electron chi connectivity index (χ4n) is 6.03. The summed E-state index contributed by atoms with van der Waals surface area (Å²) in [6.45, 7) is 3.34. The van der Waals surface area contributed by atoms with Crippen LogP contribution in [-0.4, -0.2) is 62.2 Å². The molecule has 2 aliphatic rings. The number of carbonyl (C=O) groups is 3. The van der Waals surface area contributed by atoms with E-state index in [9.17, 15) is 19.6 Å². The summed E-state index contributed by atoms with van der Waals surface area (Å²) in [5, 5.41) is 12.6. The Labute approximate surface area is 240 Å². The van der Waals surface area contributed by atoms with Crippen molar-refractivity contribution in [3.05, 3.63) is 54.1 Å². The maximum absolute atomic E-state index is 13.4. The fraction of sp³-hybridized carbons (Fsp3) is 0.484. The number of pyridine rings is 1. The van der Waals surface area contributed by atoms with Gasteiger partial charge in [0.15, 0.2) is 0 Å². The molecular weight excluding hydrogens is 518 g/mol. The molecule has 214 valence electrons. The molecule has 1 N–H and O–H groups in total. The lowest BCUT2D eigenvalue weighted by Crippen LogP contribution is -2.49. The molecule has 3 aromatic rings. The molecule has 0 bridgehead atoms. The number of nitrogens with zero attached hydrogens (tertiary/aromatic N) is 6. The number of Topliss-reactive ketones (excluding diaryl/α,β-unsaturated/α-hetero) is 1. The van der Waals surface area contributed by atoms with Crippen LogP contribution in [0.15, 0.2) is 42.7 Å². The van der Waals surface area contributed by atoms with Gasteiger partial charge in [-0.2, -0.15) is 5.26 Å². The highest BCUT2D eigenvalue weighted by molar-refractivity contribution is 6.36. The van der Waals surface area contributed by atoms with Gasteiger partial charge in [0.25, 0.3) is 5.91 Å².